The van der Waals surface area contributed by atoms with Gasteiger partial charge < -0.3 is 9.08 Å². The van der Waals surface area contributed by atoms with Crippen molar-refractivity contribution in [2.45, 2.75) is 43.7 Å². The van der Waals surface area contributed by atoms with Gasteiger partial charge in [0.2, 0.25) is 0 Å². The van der Waals surface area contributed by atoms with Gasteiger partial charge in [0.15, 0.2) is 5.75 Å². The van der Waals surface area contributed by atoms with Gasteiger partial charge in [-0.15, -0.1) is 0 Å². The second-order valence-electron chi connectivity index (χ2n) is 9.57. The van der Waals surface area contributed by atoms with E-state index in [2.05, 4.69) is 47.4 Å². The highest BCUT2D eigenvalue weighted by molar-refractivity contribution is 7.87. The Balaban J connectivity index is 1.49. The van der Waals surface area contributed by atoms with E-state index in [9.17, 15) is 8.42 Å². The second kappa shape index (κ2) is 8.28. The molecule has 0 aromatic heterocycles. The molecular formula is C30H27NO3S. The SMILES string of the molecule is Cc1ccc(S(=O)(=O)Oc2c(C)ccc3c2N(Cc2ccccc2)C2c4ccccc4CC32)cc1. The fourth-order valence-corrected chi connectivity index (χ4v) is 6.58. The van der Waals surface area contributed by atoms with Crippen molar-refractivity contribution in [2.24, 2.45) is 0 Å². The molecule has 2 aliphatic rings. The maximum Gasteiger partial charge on any atom is 0.339 e. The maximum atomic E-state index is 13.3. The van der Waals surface area contributed by atoms with Crippen LogP contribution in [0.15, 0.2) is 95.9 Å². The molecule has 1 heterocycles. The smallest absolute Gasteiger partial charge is 0.339 e. The highest BCUT2D eigenvalue weighted by Crippen LogP contribution is 2.59. The molecule has 4 aromatic carbocycles. The van der Waals surface area contributed by atoms with E-state index in [1.807, 2.05) is 38.1 Å². The van der Waals surface area contributed by atoms with Gasteiger partial charge in [-0.25, -0.2) is 0 Å². The lowest BCUT2D eigenvalue weighted by Gasteiger charge is -2.29. The molecule has 4 nitrogen and oxygen atoms in total. The van der Waals surface area contributed by atoms with Crippen molar-refractivity contribution in [2.75, 3.05) is 4.90 Å². The highest BCUT2D eigenvalue weighted by atomic mass is 32.2. The lowest BCUT2D eigenvalue weighted by Crippen LogP contribution is -2.25. The third-order valence-corrected chi connectivity index (χ3v) is 8.51. The molecule has 0 spiro atoms. The van der Waals surface area contributed by atoms with Crippen LogP contribution in [-0.4, -0.2) is 8.42 Å². The Labute approximate surface area is 206 Å². The molecule has 0 amide bonds. The first-order valence-electron chi connectivity index (χ1n) is 12.0. The number of nitrogens with zero attached hydrogens (tertiary/aromatic N) is 1. The van der Waals surface area contributed by atoms with Crippen molar-refractivity contribution in [1.82, 2.24) is 0 Å². The van der Waals surface area contributed by atoms with Crippen LogP contribution in [0.25, 0.3) is 0 Å². The van der Waals surface area contributed by atoms with Crippen LogP contribution in [0.5, 0.6) is 5.75 Å². The summed E-state index contributed by atoms with van der Waals surface area (Å²) in [5, 5.41) is 0. The summed E-state index contributed by atoms with van der Waals surface area (Å²) < 4.78 is 32.6. The molecule has 0 bridgehead atoms. The van der Waals surface area contributed by atoms with Crippen molar-refractivity contribution in [3.8, 4) is 5.75 Å². The predicted molar refractivity (Wildman–Crippen MR) is 138 cm³/mol. The Morgan fingerprint density at radius 1 is 0.829 bits per heavy atom. The zero-order valence-electron chi connectivity index (χ0n) is 19.8. The van der Waals surface area contributed by atoms with Crippen molar-refractivity contribution in [3.63, 3.8) is 0 Å². The van der Waals surface area contributed by atoms with Crippen molar-refractivity contribution in [1.29, 1.82) is 0 Å². The van der Waals surface area contributed by atoms with E-state index in [1.165, 1.54) is 16.7 Å². The molecule has 0 N–H and O–H groups in total. The van der Waals surface area contributed by atoms with E-state index >= 15 is 0 Å². The molecule has 0 saturated heterocycles. The lowest BCUT2D eigenvalue weighted by atomic mass is 9.95. The van der Waals surface area contributed by atoms with Crippen molar-refractivity contribution in [3.05, 3.63) is 124 Å². The summed E-state index contributed by atoms with van der Waals surface area (Å²) in [4.78, 5) is 2.52. The number of rotatable bonds is 5. The molecule has 2 atom stereocenters. The van der Waals surface area contributed by atoms with Gasteiger partial charge in [-0.05, 0) is 60.2 Å². The Morgan fingerprint density at radius 3 is 2.31 bits per heavy atom. The summed E-state index contributed by atoms with van der Waals surface area (Å²) in [5.41, 5.74) is 7.72. The minimum absolute atomic E-state index is 0.146. The molecule has 0 radical (unpaired) electrons. The molecule has 2 unspecified atom stereocenters. The van der Waals surface area contributed by atoms with E-state index in [-0.39, 0.29) is 16.9 Å². The first kappa shape index (κ1) is 21.9. The number of aryl methyl sites for hydroxylation is 2. The highest BCUT2D eigenvalue weighted by Gasteiger charge is 2.46. The van der Waals surface area contributed by atoms with Crippen LogP contribution in [0.2, 0.25) is 0 Å². The van der Waals surface area contributed by atoms with Gasteiger partial charge in [0.05, 0.1) is 11.7 Å². The van der Waals surface area contributed by atoms with Crippen LogP contribution in [0.3, 0.4) is 0 Å². The number of benzene rings is 4. The lowest BCUT2D eigenvalue weighted by molar-refractivity contribution is 0.483. The fraction of sp³-hybridized carbons (Fsp3) is 0.200. The molecule has 0 fully saturated rings. The third-order valence-electron chi connectivity index (χ3n) is 7.28. The van der Waals surface area contributed by atoms with Gasteiger partial charge in [-0.3, -0.25) is 0 Å². The van der Waals surface area contributed by atoms with E-state index in [0.717, 1.165) is 28.8 Å². The van der Waals surface area contributed by atoms with Crippen molar-refractivity contribution < 1.29 is 12.6 Å². The summed E-state index contributed by atoms with van der Waals surface area (Å²) in [6, 6.07) is 30.0. The molecule has 6 rings (SSSR count). The van der Waals surface area contributed by atoms with Crippen LogP contribution in [0.4, 0.5) is 5.69 Å². The van der Waals surface area contributed by atoms with Gasteiger partial charge >= 0.3 is 10.1 Å². The number of fused-ring (bicyclic) bond motifs is 5. The van der Waals surface area contributed by atoms with Gasteiger partial charge in [-0.1, -0.05) is 84.4 Å². The molecule has 35 heavy (non-hydrogen) atoms. The molecule has 0 saturated carbocycles. The third kappa shape index (κ3) is 3.71. The van der Waals surface area contributed by atoms with Gasteiger partial charge in [-0.2, -0.15) is 8.42 Å². The summed E-state index contributed by atoms with van der Waals surface area (Å²) >= 11 is 0. The predicted octanol–water partition coefficient (Wildman–Crippen LogP) is 6.47. The summed E-state index contributed by atoms with van der Waals surface area (Å²) in [6.07, 6.45) is 0.937. The summed E-state index contributed by atoms with van der Waals surface area (Å²) in [7, 11) is -3.98. The summed E-state index contributed by atoms with van der Waals surface area (Å²) in [5.74, 6) is 0.696. The maximum absolute atomic E-state index is 13.3. The average molecular weight is 482 g/mol. The van der Waals surface area contributed by atoms with Gasteiger partial charge in [0.25, 0.3) is 0 Å². The van der Waals surface area contributed by atoms with Crippen LogP contribution >= 0.6 is 0 Å². The quantitative estimate of drug-likeness (QED) is 0.306. The summed E-state index contributed by atoms with van der Waals surface area (Å²) in [6.45, 7) is 4.53. The number of hydrogen-bond donors (Lipinski definition) is 0. The average Bonchev–Trinajstić information content (AvgIpc) is 3.37. The van der Waals surface area contributed by atoms with Crippen molar-refractivity contribution >= 4 is 15.8 Å². The second-order valence-corrected chi connectivity index (χ2v) is 11.1. The zero-order valence-corrected chi connectivity index (χ0v) is 20.6. The fourth-order valence-electron chi connectivity index (χ4n) is 5.59. The van der Waals surface area contributed by atoms with Crippen LogP contribution < -0.4 is 9.08 Å². The first-order chi connectivity index (χ1) is 16.9. The molecule has 1 aliphatic carbocycles. The molecule has 4 aromatic rings. The largest absolute Gasteiger partial charge is 0.376 e. The normalized spacial score (nSPS) is 18.2. The van der Waals surface area contributed by atoms with Crippen LogP contribution in [0, 0.1) is 13.8 Å². The number of anilines is 1. The van der Waals surface area contributed by atoms with Gasteiger partial charge in [0, 0.05) is 12.5 Å². The molecule has 1 aliphatic heterocycles. The molecule has 176 valence electrons. The standard InChI is InChI=1S/C30H27NO3S/c1-20-12-15-24(16-13-20)35(32,33)34-30-21(2)14-17-26-27-18-23-10-6-7-11-25(23)28(27)31(29(26)30)19-22-8-4-3-5-9-22/h3-17,27-28H,18-19H2,1-2H3. The zero-order chi connectivity index (χ0) is 24.2. The monoisotopic (exact) mass is 481 g/mol. The van der Waals surface area contributed by atoms with E-state index in [1.54, 1.807) is 24.3 Å². The molecular weight excluding hydrogens is 454 g/mol. The minimum atomic E-state index is -3.98. The Morgan fingerprint density at radius 2 is 1.54 bits per heavy atom. The topological polar surface area (TPSA) is 46.6 Å². The van der Waals surface area contributed by atoms with Crippen LogP contribution in [0.1, 0.15) is 45.3 Å². The Bertz CT molecular complexity index is 1510. The van der Waals surface area contributed by atoms with E-state index < -0.39 is 10.1 Å². The molecule has 5 heteroatoms. The number of hydrogen-bond acceptors (Lipinski definition) is 4. The van der Waals surface area contributed by atoms with Crippen LogP contribution in [-0.2, 0) is 23.1 Å². The van der Waals surface area contributed by atoms with E-state index in [4.69, 9.17) is 4.18 Å². The Kier molecular flexibility index (Phi) is 5.19. The minimum Gasteiger partial charge on any atom is -0.376 e. The Hall–Kier alpha value is -3.57. The van der Waals surface area contributed by atoms with Gasteiger partial charge in [0.1, 0.15) is 4.90 Å². The first-order valence-corrected chi connectivity index (χ1v) is 13.4. The van der Waals surface area contributed by atoms with E-state index in [0.29, 0.717) is 12.3 Å².